The Bertz CT molecular complexity index is 407. The topological polar surface area (TPSA) is 29.5 Å². The van der Waals surface area contributed by atoms with Crippen LogP contribution < -0.4 is 0 Å². The van der Waals surface area contributed by atoms with Crippen LogP contribution in [0.25, 0.3) is 0 Å². The molecule has 0 radical (unpaired) electrons. The zero-order valence-corrected chi connectivity index (χ0v) is 15.5. The molecule has 1 aromatic rings. The number of rotatable bonds is 7. The van der Waals surface area contributed by atoms with E-state index in [2.05, 4.69) is 58.1 Å². The first-order valence-corrected chi connectivity index (χ1v) is 10.9. The van der Waals surface area contributed by atoms with Gasteiger partial charge in [-0.15, -0.1) is 0 Å². The third-order valence-electron chi connectivity index (χ3n) is 4.53. The van der Waals surface area contributed by atoms with E-state index in [-0.39, 0.29) is 11.1 Å². The quantitative estimate of drug-likeness (QED) is 0.744. The second kappa shape index (κ2) is 7.57. The van der Waals surface area contributed by atoms with Crippen LogP contribution in [0, 0.1) is 5.92 Å². The summed E-state index contributed by atoms with van der Waals surface area (Å²) < 4.78 is 6.36. The second-order valence-corrected chi connectivity index (χ2v) is 12.5. The van der Waals surface area contributed by atoms with Crippen molar-refractivity contribution < 1.29 is 9.53 Å². The van der Waals surface area contributed by atoms with Crippen LogP contribution in [0.4, 0.5) is 0 Å². The number of aliphatic hydroxyl groups is 1. The van der Waals surface area contributed by atoms with E-state index in [0.29, 0.717) is 5.92 Å². The molecule has 0 aromatic heterocycles. The van der Waals surface area contributed by atoms with E-state index >= 15 is 0 Å². The fourth-order valence-electron chi connectivity index (χ4n) is 2.18. The molecule has 0 saturated heterocycles. The summed E-state index contributed by atoms with van der Waals surface area (Å²) in [5.74, 6) is 0.376. The first-order valence-electron chi connectivity index (χ1n) is 7.98. The standard InChI is InChI=1S/C18H32O2Si/c1-15(19)12-17(13-16-10-8-7-9-11-16)14-20-21(5,6)18(2,3)4/h7-11,15,17,19H,12-14H2,1-6H3. The molecular weight excluding hydrogens is 276 g/mol. The predicted octanol–water partition coefficient (Wildman–Crippen LogP) is 4.64. The van der Waals surface area contributed by atoms with Gasteiger partial charge in [-0.05, 0) is 49.4 Å². The van der Waals surface area contributed by atoms with Gasteiger partial charge in [-0.25, -0.2) is 0 Å². The molecule has 3 heteroatoms. The summed E-state index contributed by atoms with van der Waals surface area (Å²) in [6, 6.07) is 10.5. The Kier molecular flexibility index (Phi) is 6.63. The average molecular weight is 309 g/mol. The lowest BCUT2D eigenvalue weighted by molar-refractivity contribution is 0.131. The molecule has 0 aliphatic heterocycles. The molecule has 2 atom stereocenters. The van der Waals surface area contributed by atoms with Crippen LogP contribution in [0.1, 0.15) is 39.7 Å². The van der Waals surface area contributed by atoms with Crippen molar-refractivity contribution in [1.29, 1.82) is 0 Å². The van der Waals surface area contributed by atoms with Gasteiger partial charge in [0.1, 0.15) is 0 Å². The molecular formula is C18H32O2Si. The van der Waals surface area contributed by atoms with E-state index < -0.39 is 8.32 Å². The maximum Gasteiger partial charge on any atom is 0.191 e. The van der Waals surface area contributed by atoms with Crippen molar-refractivity contribution in [3.8, 4) is 0 Å². The highest BCUT2D eigenvalue weighted by Gasteiger charge is 2.37. The van der Waals surface area contributed by atoms with Crippen LogP contribution in [-0.4, -0.2) is 26.1 Å². The molecule has 0 bridgehead atoms. The Morgan fingerprint density at radius 1 is 1.14 bits per heavy atom. The summed E-state index contributed by atoms with van der Waals surface area (Å²) in [5, 5.41) is 9.98. The number of hydrogen-bond acceptors (Lipinski definition) is 2. The first-order chi connectivity index (χ1) is 9.62. The van der Waals surface area contributed by atoms with Gasteiger partial charge in [0.2, 0.25) is 0 Å². The largest absolute Gasteiger partial charge is 0.417 e. The highest BCUT2D eigenvalue weighted by atomic mass is 28.4. The van der Waals surface area contributed by atoms with Gasteiger partial charge in [0, 0.05) is 6.61 Å². The molecule has 0 aliphatic carbocycles. The summed E-state index contributed by atoms with van der Waals surface area (Å²) in [6.07, 6.45) is 1.49. The van der Waals surface area contributed by atoms with E-state index in [1.165, 1.54) is 5.56 Å². The van der Waals surface area contributed by atoms with E-state index in [1.54, 1.807) is 0 Å². The Morgan fingerprint density at radius 3 is 2.19 bits per heavy atom. The molecule has 21 heavy (non-hydrogen) atoms. The van der Waals surface area contributed by atoms with Crippen molar-refractivity contribution in [2.75, 3.05) is 6.61 Å². The zero-order chi connectivity index (χ0) is 16.1. The maximum absolute atomic E-state index is 9.75. The zero-order valence-electron chi connectivity index (χ0n) is 14.5. The minimum absolute atomic E-state index is 0.231. The number of hydrogen-bond donors (Lipinski definition) is 1. The summed E-state index contributed by atoms with van der Waals surface area (Å²) in [5.41, 5.74) is 1.32. The van der Waals surface area contributed by atoms with E-state index in [4.69, 9.17) is 4.43 Å². The monoisotopic (exact) mass is 308 g/mol. The van der Waals surface area contributed by atoms with Crippen molar-refractivity contribution in [3.05, 3.63) is 35.9 Å². The van der Waals surface area contributed by atoms with Crippen LogP contribution in [-0.2, 0) is 10.8 Å². The van der Waals surface area contributed by atoms with E-state index in [0.717, 1.165) is 19.4 Å². The van der Waals surface area contributed by atoms with Crippen molar-refractivity contribution in [1.82, 2.24) is 0 Å². The Morgan fingerprint density at radius 2 is 1.71 bits per heavy atom. The van der Waals surface area contributed by atoms with Crippen LogP contribution >= 0.6 is 0 Å². The molecule has 0 fully saturated rings. The van der Waals surface area contributed by atoms with Crippen molar-refractivity contribution in [2.45, 2.75) is 64.8 Å². The lowest BCUT2D eigenvalue weighted by atomic mass is 9.95. The van der Waals surface area contributed by atoms with Gasteiger partial charge in [-0.2, -0.15) is 0 Å². The van der Waals surface area contributed by atoms with Gasteiger partial charge < -0.3 is 9.53 Å². The average Bonchev–Trinajstić information content (AvgIpc) is 2.35. The molecule has 2 nitrogen and oxygen atoms in total. The fourth-order valence-corrected chi connectivity index (χ4v) is 3.27. The number of benzene rings is 1. The second-order valence-electron chi connectivity index (χ2n) is 7.71. The number of aliphatic hydroxyl groups excluding tert-OH is 1. The SMILES string of the molecule is CC(O)CC(CO[Si](C)(C)C(C)(C)C)Cc1ccccc1. The molecule has 0 saturated carbocycles. The molecule has 0 amide bonds. The van der Waals surface area contributed by atoms with E-state index in [1.807, 2.05) is 13.0 Å². The Hall–Kier alpha value is -0.643. The van der Waals surface area contributed by atoms with Crippen LogP contribution in [0.3, 0.4) is 0 Å². The molecule has 120 valence electrons. The Labute approximate surface area is 131 Å². The summed E-state index contributed by atoms with van der Waals surface area (Å²) in [6.45, 7) is 14.0. The molecule has 1 N–H and O–H groups in total. The van der Waals surface area contributed by atoms with Gasteiger partial charge >= 0.3 is 0 Å². The molecule has 0 spiro atoms. The van der Waals surface area contributed by atoms with Gasteiger partial charge in [-0.1, -0.05) is 51.1 Å². The van der Waals surface area contributed by atoms with Gasteiger partial charge in [0.15, 0.2) is 8.32 Å². The Balaban J connectivity index is 2.67. The molecule has 2 unspecified atom stereocenters. The molecule has 0 aliphatic rings. The van der Waals surface area contributed by atoms with Gasteiger partial charge in [0.05, 0.1) is 6.10 Å². The minimum atomic E-state index is -1.72. The molecule has 1 rings (SSSR count). The van der Waals surface area contributed by atoms with Crippen molar-refractivity contribution >= 4 is 8.32 Å². The lowest BCUT2D eigenvalue weighted by Crippen LogP contribution is -2.42. The first kappa shape index (κ1) is 18.4. The lowest BCUT2D eigenvalue weighted by Gasteiger charge is -2.37. The summed E-state index contributed by atoms with van der Waals surface area (Å²) in [7, 11) is -1.72. The summed E-state index contributed by atoms with van der Waals surface area (Å²) >= 11 is 0. The van der Waals surface area contributed by atoms with E-state index in [9.17, 15) is 5.11 Å². The highest BCUT2D eigenvalue weighted by molar-refractivity contribution is 6.74. The summed E-state index contributed by atoms with van der Waals surface area (Å²) in [4.78, 5) is 0. The highest BCUT2D eigenvalue weighted by Crippen LogP contribution is 2.37. The smallest absolute Gasteiger partial charge is 0.191 e. The normalized spacial score (nSPS) is 15.8. The van der Waals surface area contributed by atoms with Crippen molar-refractivity contribution in [3.63, 3.8) is 0 Å². The molecule has 1 aromatic carbocycles. The van der Waals surface area contributed by atoms with Crippen LogP contribution in [0.2, 0.25) is 18.1 Å². The fraction of sp³-hybridized carbons (Fsp3) is 0.667. The third kappa shape index (κ3) is 6.33. The minimum Gasteiger partial charge on any atom is -0.417 e. The van der Waals surface area contributed by atoms with Gasteiger partial charge in [-0.3, -0.25) is 0 Å². The van der Waals surface area contributed by atoms with Crippen LogP contribution in [0.5, 0.6) is 0 Å². The predicted molar refractivity (Wildman–Crippen MR) is 93.1 cm³/mol. The van der Waals surface area contributed by atoms with Gasteiger partial charge in [0.25, 0.3) is 0 Å². The maximum atomic E-state index is 9.75. The third-order valence-corrected chi connectivity index (χ3v) is 9.03. The van der Waals surface area contributed by atoms with Crippen LogP contribution in [0.15, 0.2) is 30.3 Å². The van der Waals surface area contributed by atoms with Crippen molar-refractivity contribution in [2.24, 2.45) is 5.92 Å². The molecule has 0 heterocycles.